The molecule has 0 bridgehead atoms. The molecule has 170 valence electrons. The van der Waals surface area contributed by atoms with Gasteiger partial charge in [-0.3, -0.25) is 0 Å². The van der Waals surface area contributed by atoms with E-state index in [-0.39, 0.29) is 14.8 Å². The number of nitrogens with zero attached hydrogens (tertiary/aromatic N) is 6. The number of halogens is 1. The van der Waals surface area contributed by atoms with Gasteiger partial charge in [0.15, 0.2) is 0 Å². The Labute approximate surface area is 204 Å². The molecule has 0 spiro atoms. The van der Waals surface area contributed by atoms with Crippen molar-refractivity contribution >= 4 is 48.3 Å². The maximum absolute atomic E-state index is 13.6. The summed E-state index contributed by atoms with van der Waals surface area (Å²) in [5.41, 5.74) is 2.90. The monoisotopic (exact) mass is 544 g/mol. The molecule has 33 heavy (non-hydrogen) atoms. The minimum atomic E-state index is -3.95. The number of aromatic nitrogens is 3. The second kappa shape index (κ2) is 9.23. The molecule has 0 saturated carbocycles. The van der Waals surface area contributed by atoms with Crippen molar-refractivity contribution in [2.75, 3.05) is 39.1 Å². The van der Waals surface area contributed by atoms with Gasteiger partial charge in [-0.15, -0.1) is 11.3 Å². The summed E-state index contributed by atoms with van der Waals surface area (Å²) in [5, 5.41) is 15.4. The average molecular weight is 545 g/mol. The first kappa shape index (κ1) is 23.4. The summed E-state index contributed by atoms with van der Waals surface area (Å²) in [6.45, 7) is 1.38. The molecule has 0 amide bonds. The summed E-state index contributed by atoms with van der Waals surface area (Å²) < 4.78 is 29.9. The number of benzene rings is 1. The summed E-state index contributed by atoms with van der Waals surface area (Å²) in [7, 11) is 1.81. The Morgan fingerprint density at radius 3 is 2.70 bits per heavy atom. The number of anilines is 1. The second-order valence-corrected chi connectivity index (χ2v) is 11.6. The van der Waals surface area contributed by atoms with Crippen molar-refractivity contribution in [3.05, 3.63) is 58.1 Å². The van der Waals surface area contributed by atoms with Gasteiger partial charge in [0.2, 0.25) is 14.2 Å². The van der Waals surface area contributed by atoms with Crippen LogP contribution in [0.3, 0.4) is 0 Å². The van der Waals surface area contributed by atoms with E-state index in [2.05, 4.69) is 26.0 Å². The Morgan fingerprint density at radius 2 is 1.97 bits per heavy atom. The predicted molar refractivity (Wildman–Crippen MR) is 132 cm³/mol. The molecular formula is C22H21BrN6O2S2. The Bertz CT molecular complexity index is 1470. The van der Waals surface area contributed by atoms with Gasteiger partial charge in [0, 0.05) is 41.8 Å². The minimum Gasteiger partial charge on any atom is -0.372 e. The van der Waals surface area contributed by atoms with Gasteiger partial charge in [-0.25, -0.2) is 17.9 Å². The topological polar surface area (TPSA) is 94.6 Å². The standard InChI is InChI=1S/C22H21BrN6O2S2/c1-27(2)8-9-28(3)19-5-4-15(12-24)10-21(19)33(30,31)22-26-18(14-32-22)17-13-25-29-7-6-16(23)11-20(17)29/h4-7,10-11,13-14H,8-9H2,1-3H3. The van der Waals surface area contributed by atoms with Gasteiger partial charge in [-0.2, -0.15) is 10.4 Å². The van der Waals surface area contributed by atoms with Gasteiger partial charge >= 0.3 is 0 Å². The molecule has 0 saturated heterocycles. The molecule has 8 nitrogen and oxygen atoms in total. The molecule has 3 aromatic heterocycles. The molecule has 0 aliphatic rings. The number of thiazole rings is 1. The number of hydrogen-bond donors (Lipinski definition) is 0. The van der Waals surface area contributed by atoms with Crippen molar-refractivity contribution < 1.29 is 8.42 Å². The van der Waals surface area contributed by atoms with Crippen LogP contribution in [0.25, 0.3) is 16.8 Å². The third-order valence-electron chi connectivity index (χ3n) is 5.14. The average Bonchev–Trinajstić information content (AvgIpc) is 3.44. The normalized spacial score (nSPS) is 11.8. The van der Waals surface area contributed by atoms with Crippen LogP contribution in [0.4, 0.5) is 5.69 Å². The highest BCUT2D eigenvalue weighted by Crippen LogP contribution is 2.35. The first-order valence-electron chi connectivity index (χ1n) is 9.94. The first-order valence-corrected chi connectivity index (χ1v) is 13.1. The number of hydrogen-bond acceptors (Lipinski definition) is 8. The fourth-order valence-electron chi connectivity index (χ4n) is 3.34. The fraction of sp³-hybridized carbons (Fsp3) is 0.227. The molecule has 0 N–H and O–H groups in total. The molecule has 3 heterocycles. The van der Waals surface area contributed by atoms with Crippen LogP contribution in [0.2, 0.25) is 0 Å². The van der Waals surface area contributed by atoms with Gasteiger partial charge in [0.25, 0.3) is 0 Å². The molecule has 4 aromatic rings. The van der Waals surface area contributed by atoms with E-state index in [1.165, 1.54) is 6.07 Å². The molecule has 4 rings (SSSR count). The molecule has 0 aliphatic carbocycles. The minimum absolute atomic E-state index is 0.0239. The second-order valence-electron chi connectivity index (χ2n) is 7.75. The van der Waals surface area contributed by atoms with Crippen molar-refractivity contribution in [3.63, 3.8) is 0 Å². The molecule has 0 aliphatic heterocycles. The van der Waals surface area contributed by atoms with Crippen LogP contribution in [0.15, 0.2) is 61.8 Å². The van der Waals surface area contributed by atoms with Crippen LogP contribution < -0.4 is 4.90 Å². The smallest absolute Gasteiger partial charge is 0.235 e. The highest BCUT2D eigenvalue weighted by molar-refractivity contribution is 9.10. The Hall–Kier alpha value is -2.78. The number of sulfone groups is 1. The summed E-state index contributed by atoms with van der Waals surface area (Å²) >= 11 is 4.52. The quantitative estimate of drug-likeness (QED) is 0.348. The van der Waals surface area contributed by atoms with Crippen molar-refractivity contribution in [1.29, 1.82) is 5.26 Å². The fourth-order valence-corrected chi connectivity index (χ4v) is 6.32. The third kappa shape index (κ3) is 4.65. The van der Waals surface area contributed by atoms with E-state index in [0.717, 1.165) is 33.4 Å². The number of nitriles is 1. The van der Waals surface area contributed by atoms with E-state index in [1.54, 1.807) is 28.2 Å². The molecule has 11 heteroatoms. The van der Waals surface area contributed by atoms with Crippen LogP contribution in [-0.2, 0) is 9.84 Å². The molecule has 0 atom stereocenters. The molecule has 0 fully saturated rings. The van der Waals surface area contributed by atoms with Crippen molar-refractivity contribution in [1.82, 2.24) is 19.5 Å². The summed E-state index contributed by atoms with van der Waals surface area (Å²) in [4.78, 5) is 8.44. The Balaban J connectivity index is 1.77. The zero-order valence-corrected chi connectivity index (χ0v) is 21.4. The van der Waals surface area contributed by atoms with Crippen LogP contribution in [0, 0.1) is 11.3 Å². The molecule has 1 aromatic carbocycles. The lowest BCUT2D eigenvalue weighted by molar-refractivity contribution is 0.416. The number of fused-ring (bicyclic) bond motifs is 1. The summed E-state index contributed by atoms with van der Waals surface area (Å²) in [6, 6.07) is 10.5. The summed E-state index contributed by atoms with van der Waals surface area (Å²) in [5.74, 6) is 0. The van der Waals surface area contributed by atoms with Crippen LogP contribution >= 0.6 is 27.3 Å². The van der Waals surface area contributed by atoms with E-state index in [9.17, 15) is 13.7 Å². The number of rotatable bonds is 7. The van der Waals surface area contributed by atoms with Gasteiger partial charge in [0.1, 0.15) is 0 Å². The van der Waals surface area contributed by atoms with Gasteiger partial charge in [0.05, 0.1) is 39.6 Å². The van der Waals surface area contributed by atoms with Crippen molar-refractivity contribution in [3.8, 4) is 17.3 Å². The lowest BCUT2D eigenvalue weighted by Gasteiger charge is -2.24. The molecular weight excluding hydrogens is 524 g/mol. The van der Waals surface area contributed by atoms with Crippen LogP contribution in [-0.4, -0.2) is 62.1 Å². The lowest BCUT2D eigenvalue weighted by Crippen LogP contribution is -2.29. The lowest BCUT2D eigenvalue weighted by atomic mass is 10.2. The van der Waals surface area contributed by atoms with E-state index in [0.29, 0.717) is 17.9 Å². The highest BCUT2D eigenvalue weighted by atomic mass is 79.9. The third-order valence-corrected chi connectivity index (χ3v) is 8.68. The largest absolute Gasteiger partial charge is 0.372 e. The van der Waals surface area contributed by atoms with Crippen molar-refractivity contribution in [2.45, 2.75) is 9.24 Å². The summed E-state index contributed by atoms with van der Waals surface area (Å²) in [6.07, 6.45) is 3.49. The molecule has 0 unspecified atom stereocenters. The zero-order chi connectivity index (χ0) is 23.8. The van der Waals surface area contributed by atoms with Gasteiger partial charge in [-0.05, 0) is 44.4 Å². The Morgan fingerprint density at radius 1 is 1.18 bits per heavy atom. The predicted octanol–water partition coefficient (Wildman–Crippen LogP) is 3.92. The molecule has 0 radical (unpaired) electrons. The van der Waals surface area contributed by atoms with E-state index in [4.69, 9.17) is 0 Å². The van der Waals surface area contributed by atoms with Gasteiger partial charge in [-0.1, -0.05) is 15.9 Å². The maximum atomic E-state index is 13.6. The van der Waals surface area contributed by atoms with Crippen molar-refractivity contribution in [2.24, 2.45) is 0 Å². The van der Waals surface area contributed by atoms with E-state index >= 15 is 0 Å². The zero-order valence-electron chi connectivity index (χ0n) is 18.2. The van der Waals surface area contributed by atoms with Gasteiger partial charge < -0.3 is 9.80 Å². The van der Waals surface area contributed by atoms with Crippen LogP contribution in [0.5, 0.6) is 0 Å². The highest BCUT2D eigenvalue weighted by Gasteiger charge is 2.27. The van der Waals surface area contributed by atoms with Crippen LogP contribution in [0.1, 0.15) is 5.56 Å². The number of pyridine rings is 1. The van der Waals surface area contributed by atoms with E-state index in [1.807, 2.05) is 55.3 Å². The van der Waals surface area contributed by atoms with E-state index < -0.39 is 9.84 Å². The SMILES string of the molecule is CN(C)CCN(C)c1ccc(C#N)cc1S(=O)(=O)c1nc(-c2cnn3ccc(Br)cc23)cs1. The first-order chi connectivity index (χ1) is 15.7. The maximum Gasteiger partial charge on any atom is 0.235 e. The number of likely N-dealkylation sites (N-methyl/N-ethyl adjacent to an activating group) is 2. The Kier molecular flexibility index (Phi) is 6.54.